The first-order chi connectivity index (χ1) is 15.1. The van der Waals surface area contributed by atoms with Crippen molar-refractivity contribution in [3.8, 4) is 0 Å². The van der Waals surface area contributed by atoms with Gasteiger partial charge in [-0.3, -0.25) is 9.69 Å². The van der Waals surface area contributed by atoms with Crippen LogP contribution in [0.1, 0.15) is 57.9 Å². The normalized spacial score (nSPS) is 18.8. The molecule has 1 saturated carbocycles. The van der Waals surface area contributed by atoms with Gasteiger partial charge in [-0.2, -0.15) is 0 Å². The van der Waals surface area contributed by atoms with Crippen LogP contribution in [0.2, 0.25) is 0 Å². The summed E-state index contributed by atoms with van der Waals surface area (Å²) >= 11 is 0. The lowest BCUT2D eigenvalue weighted by atomic mass is 9.78. The van der Waals surface area contributed by atoms with Crippen molar-refractivity contribution < 1.29 is 13.6 Å². The Balaban J connectivity index is 1.39. The Morgan fingerprint density at radius 2 is 1.97 bits per heavy atom. The van der Waals surface area contributed by atoms with Gasteiger partial charge in [0.25, 0.3) is 0 Å². The minimum absolute atomic E-state index is 0.0388. The second kappa shape index (κ2) is 9.81. The van der Waals surface area contributed by atoms with E-state index in [-0.39, 0.29) is 23.7 Å². The number of hydrogen-bond donors (Lipinski definition) is 1. The molecule has 1 N–H and O–H groups in total. The van der Waals surface area contributed by atoms with Gasteiger partial charge in [-0.15, -0.1) is 0 Å². The molecular formula is C24H33FN4O2. The summed E-state index contributed by atoms with van der Waals surface area (Å²) in [7, 11) is 0. The van der Waals surface area contributed by atoms with Crippen LogP contribution in [-0.4, -0.2) is 42.0 Å². The van der Waals surface area contributed by atoms with E-state index in [0.29, 0.717) is 17.3 Å². The van der Waals surface area contributed by atoms with Crippen molar-refractivity contribution in [2.45, 2.75) is 52.0 Å². The molecule has 1 aliphatic heterocycles. The van der Waals surface area contributed by atoms with Crippen LogP contribution in [0.5, 0.6) is 0 Å². The van der Waals surface area contributed by atoms with Gasteiger partial charge >= 0.3 is 0 Å². The van der Waals surface area contributed by atoms with Gasteiger partial charge in [-0.05, 0) is 49.8 Å². The fraction of sp³-hybridized carbons (Fsp3) is 0.583. The summed E-state index contributed by atoms with van der Waals surface area (Å²) in [6.45, 7) is 7.18. The zero-order valence-corrected chi connectivity index (χ0v) is 18.5. The summed E-state index contributed by atoms with van der Waals surface area (Å²) in [4.78, 5) is 21.2. The molecule has 1 amide bonds. The summed E-state index contributed by atoms with van der Waals surface area (Å²) in [6, 6.07) is 5.24. The van der Waals surface area contributed by atoms with Crippen LogP contribution in [0, 0.1) is 17.7 Å². The fourth-order valence-electron chi connectivity index (χ4n) is 4.78. The molecule has 2 aromatic rings. The molecule has 2 heterocycles. The zero-order chi connectivity index (χ0) is 21.8. The molecule has 1 aromatic heterocycles. The molecule has 1 saturated heterocycles. The Kier molecular flexibility index (Phi) is 6.90. The molecule has 1 unspecified atom stereocenters. The number of anilines is 2. The number of amides is 1. The Hall–Kier alpha value is -2.41. The van der Waals surface area contributed by atoms with E-state index in [0.717, 1.165) is 44.9 Å². The first-order valence-corrected chi connectivity index (χ1v) is 11.6. The predicted molar refractivity (Wildman–Crippen MR) is 119 cm³/mol. The van der Waals surface area contributed by atoms with E-state index in [2.05, 4.69) is 20.1 Å². The molecule has 168 valence electrons. The number of oxazole rings is 1. The standard InChI is InChI=1S/C24H33FN4O2/c1-3-17(4-2)23(30)27-19-8-9-21(20(25)16-19)28-11-13-29(14-12-28)22(18-6-5-7-18)24-26-10-15-31-24/h8-10,15-18,22H,3-7,11-14H2,1-2H3,(H,27,30). The SMILES string of the molecule is CCC(CC)C(=O)Nc1ccc(N2CCN(C(c3ncco3)C3CCC3)CC2)c(F)c1. The van der Waals surface area contributed by atoms with Crippen molar-refractivity contribution in [1.82, 2.24) is 9.88 Å². The number of carbonyl (C=O) groups excluding carboxylic acids is 1. The van der Waals surface area contributed by atoms with E-state index in [1.165, 1.54) is 25.3 Å². The summed E-state index contributed by atoms with van der Waals surface area (Å²) < 4.78 is 20.5. The molecule has 2 fully saturated rings. The Labute approximate surface area is 183 Å². The second-order valence-corrected chi connectivity index (χ2v) is 8.70. The topological polar surface area (TPSA) is 61.6 Å². The maximum Gasteiger partial charge on any atom is 0.227 e. The number of nitrogens with zero attached hydrogens (tertiary/aromatic N) is 3. The number of piperazine rings is 1. The number of carbonyl (C=O) groups is 1. The minimum atomic E-state index is -0.293. The van der Waals surface area contributed by atoms with Crippen LogP contribution in [-0.2, 0) is 4.79 Å². The van der Waals surface area contributed by atoms with Gasteiger partial charge in [0.15, 0.2) is 0 Å². The molecule has 6 nitrogen and oxygen atoms in total. The number of rotatable bonds is 8. The zero-order valence-electron chi connectivity index (χ0n) is 18.5. The van der Waals surface area contributed by atoms with Gasteiger partial charge < -0.3 is 14.6 Å². The monoisotopic (exact) mass is 428 g/mol. The third-order valence-electron chi connectivity index (χ3n) is 6.92. The Morgan fingerprint density at radius 3 is 2.52 bits per heavy atom. The highest BCUT2D eigenvalue weighted by Gasteiger charge is 2.37. The number of halogens is 1. The number of nitrogens with one attached hydrogen (secondary N) is 1. The molecular weight excluding hydrogens is 395 g/mol. The quantitative estimate of drug-likeness (QED) is 0.651. The van der Waals surface area contributed by atoms with Crippen molar-refractivity contribution in [3.63, 3.8) is 0 Å². The average molecular weight is 429 g/mol. The molecule has 0 bridgehead atoms. The van der Waals surface area contributed by atoms with Gasteiger partial charge in [-0.1, -0.05) is 20.3 Å². The van der Waals surface area contributed by atoms with Crippen LogP contribution in [0.15, 0.2) is 35.1 Å². The lowest BCUT2D eigenvalue weighted by Gasteiger charge is -2.44. The van der Waals surface area contributed by atoms with Gasteiger partial charge in [0, 0.05) is 37.8 Å². The highest BCUT2D eigenvalue weighted by molar-refractivity contribution is 5.92. The lowest BCUT2D eigenvalue weighted by molar-refractivity contribution is -0.120. The van der Waals surface area contributed by atoms with Crippen molar-refractivity contribution in [1.29, 1.82) is 0 Å². The average Bonchev–Trinajstić information content (AvgIpc) is 3.26. The second-order valence-electron chi connectivity index (χ2n) is 8.70. The predicted octanol–water partition coefficient (Wildman–Crippen LogP) is 4.85. The molecule has 31 heavy (non-hydrogen) atoms. The smallest absolute Gasteiger partial charge is 0.227 e. The van der Waals surface area contributed by atoms with Crippen LogP contribution in [0.4, 0.5) is 15.8 Å². The maximum atomic E-state index is 14.9. The van der Waals surface area contributed by atoms with Gasteiger partial charge in [0.1, 0.15) is 12.1 Å². The van der Waals surface area contributed by atoms with Crippen LogP contribution < -0.4 is 10.2 Å². The Morgan fingerprint density at radius 1 is 1.23 bits per heavy atom. The summed E-state index contributed by atoms with van der Waals surface area (Å²) in [5, 5.41) is 2.85. The molecule has 4 rings (SSSR count). The fourth-order valence-corrected chi connectivity index (χ4v) is 4.78. The third-order valence-corrected chi connectivity index (χ3v) is 6.92. The summed E-state index contributed by atoms with van der Waals surface area (Å²) in [6.07, 6.45) is 8.63. The first kappa shape index (κ1) is 21.8. The van der Waals surface area contributed by atoms with Crippen LogP contribution >= 0.6 is 0 Å². The summed E-state index contributed by atoms with van der Waals surface area (Å²) in [5.41, 5.74) is 1.11. The van der Waals surface area contributed by atoms with Crippen molar-refractivity contribution >= 4 is 17.3 Å². The van der Waals surface area contributed by atoms with Crippen LogP contribution in [0.3, 0.4) is 0 Å². The molecule has 2 aliphatic rings. The summed E-state index contributed by atoms with van der Waals surface area (Å²) in [5.74, 6) is 1.03. The molecule has 0 radical (unpaired) electrons. The van der Waals surface area contributed by atoms with Gasteiger partial charge in [-0.25, -0.2) is 9.37 Å². The number of aromatic nitrogens is 1. The first-order valence-electron chi connectivity index (χ1n) is 11.6. The largest absolute Gasteiger partial charge is 0.447 e. The Bertz CT molecular complexity index is 856. The van der Waals surface area contributed by atoms with Gasteiger partial charge in [0.05, 0.1) is 17.9 Å². The maximum absolute atomic E-state index is 14.9. The highest BCUT2D eigenvalue weighted by Crippen LogP contribution is 2.41. The lowest BCUT2D eigenvalue weighted by Crippen LogP contribution is -2.50. The van der Waals surface area contributed by atoms with E-state index in [9.17, 15) is 9.18 Å². The number of benzene rings is 1. The number of hydrogen-bond acceptors (Lipinski definition) is 5. The van der Waals surface area contributed by atoms with E-state index in [1.54, 1.807) is 24.6 Å². The van der Waals surface area contributed by atoms with Crippen molar-refractivity contribution in [2.24, 2.45) is 11.8 Å². The van der Waals surface area contributed by atoms with E-state index in [1.807, 2.05) is 13.8 Å². The highest BCUT2D eigenvalue weighted by atomic mass is 19.1. The molecule has 1 aromatic carbocycles. The third kappa shape index (κ3) is 4.76. The van der Waals surface area contributed by atoms with Crippen molar-refractivity contribution in [3.05, 3.63) is 42.4 Å². The van der Waals surface area contributed by atoms with E-state index in [4.69, 9.17) is 4.42 Å². The van der Waals surface area contributed by atoms with E-state index < -0.39 is 0 Å². The van der Waals surface area contributed by atoms with Crippen molar-refractivity contribution in [2.75, 3.05) is 36.4 Å². The molecule has 1 aliphatic carbocycles. The molecule has 0 spiro atoms. The minimum Gasteiger partial charge on any atom is -0.447 e. The van der Waals surface area contributed by atoms with E-state index >= 15 is 0 Å². The van der Waals surface area contributed by atoms with Gasteiger partial charge in [0.2, 0.25) is 11.8 Å². The molecule has 1 atom stereocenters. The molecule has 7 heteroatoms. The van der Waals surface area contributed by atoms with Crippen LogP contribution in [0.25, 0.3) is 0 Å².